The molecule has 1 aliphatic heterocycles. The van der Waals surface area contributed by atoms with Gasteiger partial charge in [0.2, 0.25) is 11.9 Å². The molecule has 26 heavy (non-hydrogen) atoms. The fourth-order valence-electron chi connectivity index (χ4n) is 2.98. The molecule has 7 heteroatoms. The Balaban J connectivity index is 1.54. The van der Waals surface area contributed by atoms with Gasteiger partial charge >= 0.3 is 0 Å². The van der Waals surface area contributed by atoms with Gasteiger partial charge < -0.3 is 15.1 Å². The van der Waals surface area contributed by atoms with E-state index in [1.54, 1.807) is 36.4 Å². The Morgan fingerprint density at radius 1 is 1.08 bits per heavy atom. The molecule has 1 atom stereocenters. The Kier molecular flexibility index (Phi) is 5.46. The van der Waals surface area contributed by atoms with Crippen LogP contribution >= 0.6 is 0 Å². The molecule has 3 rings (SSSR count). The van der Waals surface area contributed by atoms with Crippen molar-refractivity contribution in [3.63, 3.8) is 0 Å². The molecule has 0 spiro atoms. The van der Waals surface area contributed by atoms with Crippen LogP contribution in [0.25, 0.3) is 0 Å². The maximum absolute atomic E-state index is 12.6. The lowest BCUT2D eigenvalue weighted by Gasteiger charge is -2.35. The quantitative estimate of drug-likeness (QED) is 0.895. The van der Waals surface area contributed by atoms with Crippen LogP contribution in [0, 0.1) is 6.92 Å². The van der Waals surface area contributed by atoms with E-state index in [4.69, 9.17) is 0 Å². The normalized spacial score (nSPS) is 15.5. The Labute approximate surface area is 153 Å². The molecule has 2 amide bonds. The first-order chi connectivity index (χ1) is 12.5. The van der Waals surface area contributed by atoms with E-state index in [2.05, 4.69) is 20.2 Å². The molecule has 0 saturated carbocycles. The van der Waals surface area contributed by atoms with E-state index < -0.39 is 6.04 Å². The summed E-state index contributed by atoms with van der Waals surface area (Å²) < 4.78 is 0. The van der Waals surface area contributed by atoms with E-state index in [0.717, 1.165) is 5.56 Å². The van der Waals surface area contributed by atoms with Crippen molar-refractivity contribution in [1.29, 1.82) is 0 Å². The number of carbonyl (C=O) groups is 2. The van der Waals surface area contributed by atoms with Gasteiger partial charge in [-0.2, -0.15) is 0 Å². The van der Waals surface area contributed by atoms with Crippen molar-refractivity contribution in [3.05, 3.63) is 53.9 Å². The molecular weight excluding hydrogens is 330 g/mol. The lowest BCUT2D eigenvalue weighted by molar-refractivity contribution is -0.133. The first-order valence-electron chi connectivity index (χ1n) is 8.73. The largest absolute Gasteiger partial charge is 0.341 e. The third-order valence-electron chi connectivity index (χ3n) is 4.42. The van der Waals surface area contributed by atoms with E-state index >= 15 is 0 Å². The van der Waals surface area contributed by atoms with Gasteiger partial charge in [0.25, 0.3) is 5.91 Å². The molecule has 2 aromatic rings. The highest BCUT2D eigenvalue weighted by Crippen LogP contribution is 2.11. The molecule has 136 valence electrons. The zero-order chi connectivity index (χ0) is 18.5. The topological polar surface area (TPSA) is 78.4 Å². The number of hydrogen-bond donors (Lipinski definition) is 1. The lowest BCUT2D eigenvalue weighted by atomic mass is 10.1. The van der Waals surface area contributed by atoms with Crippen LogP contribution in [0.1, 0.15) is 22.8 Å². The fraction of sp³-hybridized carbons (Fsp3) is 0.368. The zero-order valence-corrected chi connectivity index (χ0v) is 15.1. The number of rotatable bonds is 4. The number of anilines is 1. The highest BCUT2D eigenvalue weighted by molar-refractivity contribution is 5.97. The number of nitrogens with zero attached hydrogens (tertiary/aromatic N) is 4. The van der Waals surface area contributed by atoms with Gasteiger partial charge in [-0.3, -0.25) is 9.59 Å². The van der Waals surface area contributed by atoms with Gasteiger partial charge in [0.15, 0.2) is 0 Å². The monoisotopic (exact) mass is 353 g/mol. The van der Waals surface area contributed by atoms with Gasteiger partial charge in [-0.15, -0.1) is 0 Å². The van der Waals surface area contributed by atoms with Crippen LogP contribution in [0.4, 0.5) is 5.95 Å². The summed E-state index contributed by atoms with van der Waals surface area (Å²) in [4.78, 5) is 37.3. The highest BCUT2D eigenvalue weighted by atomic mass is 16.2. The molecule has 1 aromatic carbocycles. The number of benzene rings is 1. The van der Waals surface area contributed by atoms with Gasteiger partial charge in [0.05, 0.1) is 0 Å². The number of hydrogen-bond acceptors (Lipinski definition) is 5. The number of carbonyl (C=O) groups excluding carboxylic acids is 2. The second-order valence-corrected chi connectivity index (χ2v) is 6.43. The smallest absolute Gasteiger partial charge is 0.251 e. The molecule has 7 nitrogen and oxygen atoms in total. The van der Waals surface area contributed by atoms with E-state index in [9.17, 15) is 9.59 Å². The minimum atomic E-state index is -0.567. The summed E-state index contributed by atoms with van der Waals surface area (Å²) >= 11 is 0. The first kappa shape index (κ1) is 17.8. The Bertz CT molecular complexity index is 773. The molecule has 1 N–H and O–H groups in total. The van der Waals surface area contributed by atoms with Crippen LogP contribution < -0.4 is 10.2 Å². The molecule has 0 aliphatic carbocycles. The lowest BCUT2D eigenvalue weighted by Crippen LogP contribution is -2.54. The van der Waals surface area contributed by atoms with Crippen molar-refractivity contribution in [2.75, 3.05) is 31.1 Å². The van der Waals surface area contributed by atoms with Crippen molar-refractivity contribution in [2.24, 2.45) is 0 Å². The van der Waals surface area contributed by atoms with Gasteiger partial charge in [0.1, 0.15) is 6.04 Å². The molecule has 1 fully saturated rings. The summed E-state index contributed by atoms with van der Waals surface area (Å²) in [6.07, 6.45) is 3.42. The predicted molar refractivity (Wildman–Crippen MR) is 98.9 cm³/mol. The number of amides is 2. The summed E-state index contributed by atoms with van der Waals surface area (Å²) in [5, 5.41) is 2.79. The SMILES string of the molecule is Cc1cccc(C(=O)N[C@@H](C)C(=O)N2CCN(c3ncccn3)CC2)c1. The second-order valence-electron chi connectivity index (χ2n) is 6.43. The number of nitrogens with one attached hydrogen (secondary N) is 1. The molecule has 0 radical (unpaired) electrons. The van der Waals surface area contributed by atoms with Crippen molar-refractivity contribution < 1.29 is 9.59 Å². The third kappa shape index (κ3) is 4.17. The summed E-state index contributed by atoms with van der Waals surface area (Å²) in [6, 6.07) is 8.54. The van der Waals surface area contributed by atoms with Crippen molar-refractivity contribution in [3.8, 4) is 0 Å². The summed E-state index contributed by atoms with van der Waals surface area (Å²) in [6.45, 7) is 6.18. The standard InChI is InChI=1S/C19H23N5O2/c1-14-5-3-6-16(13-14)17(25)22-15(2)18(26)23-9-11-24(12-10-23)19-20-7-4-8-21-19/h3-8,13,15H,9-12H2,1-2H3,(H,22,25)/t15-/m0/s1. The Morgan fingerprint density at radius 3 is 2.42 bits per heavy atom. The molecule has 1 saturated heterocycles. The van der Waals surface area contributed by atoms with Gasteiger partial charge in [-0.1, -0.05) is 17.7 Å². The average Bonchev–Trinajstić information content (AvgIpc) is 2.68. The summed E-state index contributed by atoms with van der Waals surface area (Å²) in [5.41, 5.74) is 1.58. The van der Waals surface area contributed by atoms with Crippen LogP contribution in [-0.2, 0) is 4.79 Å². The van der Waals surface area contributed by atoms with E-state index in [1.165, 1.54) is 0 Å². The van der Waals surface area contributed by atoms with Crippen LogP contribution in [0.15, 0.2) is 42.7 Å². The highest BCUT2D eigenvalue weighted by Gasteiger charge is 2.26. The van der Waals surface area contributed by atoms with Crippen LogP contribution in [-0.4, -0.2) is 58.9 Å². The average molecular weight is 353 g/mol. The molecule has 0 unspecified atom stereocenters. The van der Waals surface area contributed by atoms with Crippen molar-refractivity contribution >= 4 is 17.8 Å². The molecule has 1 aromatic heterocycles. The van der Waals surface area contributed by atoms with Crippen LogP contribution in [0.2, 0.25) is 0 Å². The third-order valence-corrected chi connectivity index (χ3v) is 4.42. The second kappa shape index (κ2) is 7.95. The van der Waals surface area contributed by atoms with E-state index in [1.807, 2.05) is 25.1 Å². The van der Waals surface area contributed by atoms with E-state index in [-0.39, 0.29) is 11.8 Å². The Morgan fingerprint density at radius 2 is 1.77 bits per heavy atom. The summed E-state index contributed by atoms with van der Waals surface area (Å²) in [5.74, 6) is 0.380. The first-order valence-corrected chi connectivity index (χ1v) is 8.73. The number of piperazine rings is 1. The maximum Gasteiger partial charge on any atom is 0.251 e. The van der Waals surface area contributed by atoms with Crippen LogP contribution in [0.5, 0.6) is 0 Å². The minimum absolute atomic E-state index is 0.0698. The summed E-state index contributed by atoms with van der Waals surface area (Å²) in [7, 11) is 0. The molecule has 2 heterocycles. The zero-order valence-electron chi connectivity index (χ0n) is 15.1. The number of aryl methyl sites for hydroxylation is 1. The number of aromatic nitrogens is 2. The molecule has 1 aliphatic rings. The minimum Gasteiger partial charge on any atom is -0.341 e. The van der Waals surface area contributed by atoms with Gasteiger partial charge in [-0.05, 0) is 32.0 Å². The maximum atomic E-state index is 12.6. The van der Waals surface area contributed by atoms with Crippen LogP contribution in [0.3, 0.4) is 0 Å². The van der Waals surface area contributed by atoms with Crippen molar-refractivity contribution in [2.45, 2.75) is 19.9 Å². The van der Waals surface area contributed by atoms with E-state index in [0.29, 0.717) is 37.7 Å². The van der Waals surface area contributed by atoms with Gasteiger partial charge in [-0.25, -0.2) is 9.97 Å². The predicted octanol–water partition coefficient (Wildman–Crippen LogP) is 1.25. The Hall–Kier alpha value is -2.96. The molecule has 0 bridgehead atoms. The molecular formula is C19H23N5O2. The fourth-order valence-corrected chi connectivity index (χ4v) is 2.98. The van der Waals surface area contributed by atoms with Gasteiger partial charge in [0, 0.05) is 44.1 Å². The van der Waals surface area contributed by atoms with Crippen molar-refractivity contribution in [1.82, 2.24) is 20.2 Å².